The van der Waals surface area contributed by atoms with E-state index in [4.69, 9.17) is 4.74 Å². The summed E-state index contributed by atoms with van der Waals surface area (Å²) in [4.78, 5) is 0. The molecule has 2 nitrogen and oxygen atoms in total. The van der Waals surface area contributed by atoms with Gasteiger partial charge in [-0.1, -0.05) is 25.1 Å². The third kappa shape index (κ3) is 3.07. The Hall–Kier alpha value is -1.35. The smallest absolute Gasteiger partial charge is 0.126 e. The fourth-order valence-electron chi connectivity index (χ4n) is 2.08. The van der Waals surface area contributed by atoms with Crippen molar-refractivity contribution < 1.29 is 9.13 Å². The molecule has 3 heteroatoms. The van der Waals surface area contributed by atoms with Crippen LogP contribution >= 0.6 is 0 Å². The van der Waals surface area contributed by atoms with Crippen molar-refractivity contribution in [1.29, 1.82) is 0 Å². The topological polar surface area (TPSA) is 21.3 Å². The Morgan fingerprint density at radius 3 is 2.88 bits per heavy atom. The van der Waals surface area contributed by atoms with Crippen molar-refractivity contribution in [1.82, 2.24) is 5.32 Å². The van der Waals surface area contributed by atoms with Gasteiger partial charge in [0.05, 0.1) is 12.6 Å². The minimum absolute atomic E-state index is 0.0828. The number of ether oxygens (including phenoxy) is 1. The Balaban J connectivity index is 2.10. The van der Waals surface area contributed by atoms with Crippen molar-refractivity contribution in [2.45, 2.75) is 25.8 Å². The molecule has 0 spiro atoms. The molecule has 2 rings (SSSR count). The van der Waals surface area contributed by atoms with Crippen molar-refractivity contribution in [2.75, 3.05) is 13.2 Å². The number of hydrogen-bond donors (Lipinski definition) is 1. The van der Waals surface area contributed by atoms with Gasteiger partial charge in [-0.25, -0.2) is 4.39 Å². The quantitative estimate of drug-likeness (QED) is 0.847. The van der Waals surface area contributed by atoms with Crippen LogP contribution in [0.2, 0.25) is 0 Å². The van der Waals surface area contributed by atoms with Crippen LogP contribution in [0.5, 0.6) is 0 Å². The molecule has 0 fully saturated rings. The lowest BCUT2D eigenvalue weighted by Crippen LogP contribution is -2.33. The van der Waals surface area contributed by atoms with Gasteiger partial charge in [0.2, 0.25) is 0 Å². The standard InChI is InChI=1S/C14H18FNO/c1-2-16-13(14-8-5-9-17-14)10-11-6-3-4-7-12(11)15/h3-4,6-8,13,16H,2,5,9-10H2,1H3. The molecule has 0 radical (unpaired) electrons. The van der Waals surface area contributed by atoms with Crippen molar-refractivity contribution in [3.63, 3.8) is 0 Å². The number of rotatable bonds is 5. The molecule has 0 aromatic heterocycles. The van der Waals surface area contributed by atoms with Gasteiger partial charge in [-0.05, 0) is 30.7 Å². The summed E-state index contributed by atoms with van der Waals surface area (Å²) in [6.07, 6.45) is 3.68. The van der Waals surface area contributed by atoms with Crippen LogP contribution in [0.3, 0.4) is 0 Å². The van der Waals surface area contributed by atoms with Gasteiger partial charge in [0, 0.05) is 6.42 Å². The summed E-state index contributed by atoms with van der Waals surface area (Å²) >= 11 is 0. The summed E-state index contributed by atoms with van der Waals surface area (Å²) in [5.41, 5.74) is 0.731. The summed E-state index contributed by atoms with van der Waals surface area (Å²) < 4.78 is 19.1. The third-order valence-electron chi connectivity index (χ3n) is 2.91. The van der Waals surface area contributed by atoms with Crippen molar-refractivity contribution in [3.8, 4) is 0 Å². The SMILES string of the molecule is CCNC(Cc1ccccc1F)C1=CCCO1. The second-order valence-corrected chi connectivity index (χ2v) is 4.15. The zero-order valence-electron chi connectivity index (χ0n) is 10.1. The van der Waals surface area contributed by atoms with E-state index in [2.05, 4.69) is 11.4 Å². The molecule has 1 unspecified atom stereocenters. The average Bonchev–Trinajstić information content (AvgIpc) is 2.85. The van der Waals surface area contributed by atoms with Gasteiger partial charge < -0.3 is 10.1 Å². The Morgan fingerprint density at radius 1 is 1.41 bits per heavy atom. The summed E-state index contributed by atoms with van der Waals surface area (Å²) in [7, 11) is 0. The van der Waals surface area contributed by atoms with Crippen LogP contribution in [0.4, 0.5) is 4.39 Å². The van der Waals surface area contributed by atoms with E-state index in [-0.39, 0.29) is 11.9 Å². The molecule has 92 valence electrons. The number of halogens is 1. The first-order valence-corrected chi connectivity index (χ1v) is 6.11. The van der Waals surface area contributed by atoms with E-state index in [1.807, 2.05) is 19.1 Å². The Labute approximate surface area is 101 Å². The van der Waals surface area contributed by atoms with Crippen LogP contribution in [-0.4, -0.2) is 19.2 Å². The molecule has 1 N–H and O–H groups in total. The zero-order chi connectivity index (χ0) is 12.1. The molecule has 1 aliphatic rings. The molecule has 1 heterocycles. The van der Waals surface area contributed by atoms with Gasteiger partial charge >= 0.3 is 0 Å². The van der Waals surface area contributed by atoms with Crippen molar-refractivity contribution in [3.05, 3.63) is 47.5 Å². The van der Waals surface area contributed by atoms with Gasteiger partial charge in [-0.15, -0.1) is 0 Å². The second kappa shape index (κ2) is 5.82. The molecule has 1 aromatic rings. The van der Waals surface area contributed by atoms with Gasteiger partial charge in [-0.3, -0.25) is 0 Å². The van der Waals surface area contributed by atoms with E-state index in [9.17, 15) is 4.39 Å². The van der Waals surface area contributed by atoms with Gasteiger partial charge in [-0.2, -0.15) is 0 Å². The predicted octanol–water partition coefficient (Wildman–Crippen LogP) is 2.65. The van der Waals surface area contributed by atoms with Crippen LogP contribution in [0.15, 0.2) is 36.1 Å². The number of nitrogens with one attached hydrogen (secondary N) is 1. The maximum absolute atomic E-state index is 13.6. The lowest BCUT2D eigenvalue weighted by Gasteiger charge is -2.19. The normalized spacial score (nSPS) is 16.5. The molecule has 1 aliphatic heterocycles. The Morgan fingerprint density at radius 2 is 2.24 bits per heavy atom. The highest BCUT2D eigenvalue weighted by Gasteiger charge is 2.19. The number of benzene rings is 1. The lowest BCUT2D eigenvalue weighted by atomic mass is 10.0. The first-order chi connectivity index (χ1) is 8.31. The summed E-state index contributed by atoms with van der Waals surface area (Å²) in [6, 6.07) is 6.99. The molecule has 17 heavy (non-hydrogen) atoms. The molecule has 0 amide bonds. The highest BCUT2D eigenvalue weighted by atomic mass is 19.1. The first kappa shape index (κ1) is 12.1. The predicted molar refractivity (Wildman–Crippen MR) is 66.2 cm³/mol. The molecule has 0 bridgehead atoms. The van der Waals surface area contributed by atoms with Gasteiger partial charge in [0.15, 0.2) is 0 Å². The fourth-order valence-corrected chi connectivity index (χ4v) is 2.08. The lowest BCUT2D eigenvalue weighted by molar-refractivity contribution is 0.214. The van der Waals surface area contributed by atoms with E-state index in [1.165, 1.54) is 6.07 Å². The Kier molecular flexibility index (Phi) is 4.15. The summed E-state index contributed by atoms with van der Waals surface area (Å²) in [6.45, 7) is 3.64. The van der Waals surface area contributed by atoms with E-state index < -0.39 is 0 Å². The van der Waals surface area contributed by atoms with Crippen LogP contribution in [-0.2, 0) is 11.2 Å². The Bertz CT molecular complexity index is 403. The third-order valence-corrected chi connectivity index (χ3v) is 2.91. The van der Waals surface area contributed by atoms with Crippen LogP contribution in [0.25, 0.3) is 0 Å². The van der Waals surface area contributed by atoms with Crippen LogP contribution in [0.1, 0.15) is 18.9 Å². The maximum atomic E-state index is 13.6. The molecule has 0 aliphatic carbocycles. The summed E-state index contributed by atoms with van der Waals surface area (Å²) in [5, 5.41) is 3.34. The number of hydrogen-bond acceptors (Lipinski definition) is 2. The van der Waals surface area contributed by atoms with Crippen LogP contribution < -0.4 is 5.32 Å². The average molecular weight is 235 g/mol. The second-order valence-electron chi connectivity index (χ2n) is 4.15. The maximum Gasteiger partial charge on any atom is 0.126 e. The van der Waals surface area contributed by atoms with Crippen molar-refractivity contribution in [2.24, 2.45) is 0 Å². The summed E-state index contributed by atoms with van der Waals surface area (Å²) in [5.74, 6) is 0.809. The first-order valence-electron chi connectivity index (χ1n) is 6.11. The highest BCUT2D eigenvalue weighted by molar-refractivity contribution is 5.21. The van der Waals surface area contributed by atoms with Crippen molar-refractivity contribution >= 4 is 0 Å². The largest absolute Gasteiger partial charge is 0.496 e. The fraction of sp³-hybridized carbons (Fsp3) is 0.429. The van der Waals surface area contributed by atoms with E-state index >= 15 is 0 Å². The van der Waals surface area contributed by atoms with E-state index in [1.54, 1.807) is 6.07 Å². The molecule has 0 saturated heterocycles. The molecule has 1 aromatic carbocycles. The zero-order valence-corrected chi connectivity index (χ0v) is 10.1. The van der Waals surface area contributed by atoms with Gasteiger partial charge in [0.25, 0.3) is 0 Å². The monoisotopic (exact) mass is 235 g/mol. The number of likely N-dealkylation sites (N-methyl/N-ethyl adjacent to an activating group) is 1. The molecule has 1 atom stereocenters. The molecular weight excluding hydrogens is 217 g/mol. The highest BCUT2D eigenvalue weighted by Crippen LogP contribution is 2.18. The van der Waals surface area contributed by atoms with Gasteiger partial charge in [0.1, 0.15) is 11.6 Å². The minimum Gasteiger partial charge on any atom is -0.496 e. The molecule has 0 saturated carbocycles. The van der Waals surface area contributed by atoms with Crippen LogP contribution in [0, 0.1) is 5.82 Å². The molecular formula is C14H18FNO. The minimum atomic E-state index is -0.144. The van der Waals surface area contributed by atoms with E-state index in [0.717, 1.165) is 30.9 Å². The van der Waals surface area contributed by atoms with E-state index in [0.29, 0.717) is 6.42 Å².